The molecule has 2 aromatic rings. The number of aromatic hydroxyl groups is 1. The summed E-state index contributed by atoms with van der Waals surface area (Å²) in [5, 5.41) is 13.7. The fourth-order valence-corrected chi connectivity index (χ4v) is 5.38. The van der Waals surface area contributed by atoms with Crippen molar-refractivity contribution in [1.29, 1.82) is 0 Å². The van der Waals surface area contributed by atoms with Gasteiger partial charge in [0, 0.05) is 23.5 Å². The Labute approximate surface area is 144 Å². The molecule has 0 unspecified atom stereocenters. The van der Waals surface area contributed by atoms with Crippen LogP contribution in [0.1, 0.15) is 41.9 Å². The molecule has 0 aliphatic carbocycles. The van der Waals surface area contributed by atoms with E-state index in [1.807, 2.05) is 0 Å². The number of piperidine rings is 1. The van der Waals surface area contributed by atoms with E-state index in [-0.39, 0.29) is 23.4 Å². The maximum Gasteiger partial charge on any atom is 0.138 e. The summed E-state index contributed by atoms with van der Waals surface area (Å²) >= 11 is 7.89. The molecule has 1 spiro atoms. The standard InChI is InChI=1S/C17H19ClN2O2S/c1-10-8-17(16-11(4-6-22-17)7-14(18)23-16)9-12(20-10)15-13(21)3-2-5-19-15/h2-3,5,7,10,12,20-21H,4,6,8-9H2,1H3/t10-,12-,17-/m0/s1. The van der Waals surface area contributed by atoms with Crippen LogP contribution in [0.25, 0.3) is 0 Å². The highest BCUT2D eigenvalue weighted by atomic mass is 35.5. The molecule has 3 atom stereocenters. The predicted octanol–water partition coefficient (Wildman–Crippen LogP) is 3.78. The van der Waals surface area contributed by atoms with Crippen LogP contribution in [0.4, 0.5) is 0 Å². The number of aromatic nitrogens is 1. The van der Waals surface area contributed by atoms with Crippen LogP contribution in [-0.4, -0.2) is 22.7 Å². The highest BCUT2D eigenvalue weighted by Crippen LogP contribution is 2.50. The Balaban J connectivity index is 1.74. The van der Waals surface area contributed by atoms with E-state index in [4.69, 9.17) is 16.3 Å². The highest BCUT2D eigenvalue weighted by molar-refractivity contribution is 7.16. The van der Waals surface area contributed by atoms with Crippen LogP contribution < -0.4 is 5.32 Å². The van der Waals surface area contributed by atoms with Gasteiger partial charge in [-0.05, 0) is 43.5 Å². The topological polar surface area (TPSA) is 54.4 Å². The van der Waals surface area contributed by atoms with Gasteiger partial charge < -0.3 is 15.2 Å². The lowest BCUT2D eigenvalue weighted by Gasteiger charge is -2.46. The van der Waals surface area contributed by atoms with Gasteiger partial charge in [-0.15, -0.1) is 11.3 Å². The van der Waals surface area contributed by atoms with Gasteiger partial charge in [-0.1, -0.05) is 11.6 Å². The molecule has 0 saturated carbocycles. The zero-order valence-electron chi connectivity index (χ0n) is 12.9. The quantitative estimate of drug-likeness (QED) is 0.821. The lowest BCUT2D eigenvalue weighted by atomic mass is 9.79. The predicted molar refractivity (Wildman–Crippen MR) is 91.1 cm³/mol. The molecule has 4 nitrogen and oxygen atoms in total. The maximum atomic E-state index is 10.2. The third-order valence-corrected chi connectivity index (χ3v) is 6.24. The molecule has 2 aliphatic rings. The van der Waals surface area contributed by atoms with Crippen molar-refractivity contribution in [2.45, 2.75) is 43.9 Å². The Morgan fingerprint density at radius 1 is 1.48 bits per heavy atom. The summed E-state index contributed by atoms with van der Waals surface area (Å²) in [7, 11) is 0. The summed E-state index contributed by atoms with van der Waals surface area (Å²) in [5.74, 6) is 0.231. The number of nitrogens with one attached hydrogen (secondary N) is 1. The van der Waals surface area contributed by atoms with E-state index in [1.54, 1.807) is 29.7 Å². The number of ether oxygens (including phenoxy) is 1. The molecule has 1 fully saturated rings. The molecule has 1 saturated heterocycles. The third-order valence-electron chi connectivity index (χ3n) is 4.74. The molecule has 0 bridgehead atoms. The van der Waals surface area contributed by atoms with Crippen molar-refractivity contribution in [2.24, 2.45) is 0 Å². The normalized spacial score (nSPS) is 30.3. The number of nitrogens with zero attached hydrogens (tertiary/aromatic N) is 1. The van der Waals surface area contributed by atoms with Crippen molar-refractivity contribution in [1.82, 2.24) is 10.3 Å². The maximum absolute atomic E-state index is 10.2. The minimum Gasteiger partial charge on any atom is -0.506 e. The molecular weight excluding hydrogens is 332 g/mol. The van der Waals surface area contributed by atoms with Gasteiger partial charge in [-0.25, -0.2) is 0 Å². The first-order valence-electron chi connectivity index (χ1n) is 7.90. The van der Waals surface area contributed by atoms with Gasteiger partial charge >= 0.3 is 0 Å². The van der Waals surface area contributed by atoms with E-state index in [1.165, 1.54) is 10.4 Å². The summed E-state index contributed by atoms with van der Waals surface area (Å²) in [6.45, 7) is 2.87. The second-order valence-electron chi connectivity index (χ2n) is 6.43. The molecule has 2 aliphatic heterocycles. The van der Waals surface area contributed by atoms with E-state index in [9.17, 15) is 5.11 Å². The summed E-state index contributed by atoms with van der Waals surface area (Å²) in [6, 6.07) is 5.74. The summed E-state index contributed by atoms with van der Waals surface area (Å²) < 4.78 is 7.13. The van der Waals surface area contributed by atoms with Crippen molar-refractivity contribution in [2.75, 3.05) is 6.61 Å². The molecule has 0 aromatic carbocycles. The van der Waals surface area contributed by atoms with Gasteiger partial charge in [0.2, 0.25) is 0 Å². The first-order valence-corrected chi connectivity index (χ1v) is 9.09. The Hall–Kier alpha value is -1.14. The lowest BCUT2D eigenvalue weighted by Crippen LogP contribution is -2.49. The Kier molecular flexibility index (Phi) is 3.84. The van der Waals surface area contributed by atoms with Crippen LogP contribution in [0.3, 0.4) is 0 Å². The molecule has 0 radical (unpaired) electrons. The molecule has 23 heavy (non-hydrogen) atoms. The molecule has 0 amide bonds. The van der Waals surface area contributed by atoms with Gasteiger partial charge in [-0.3, -0.25) is 4.98 Å². The first-order chi connectivity index (χ1) is 11.1. The zero-order valence-corrected chi connectivity index (χ0v) is 14.5. The molecule has 6 heteroatoms. The molecule has 2 aromatic heterocycles. The second-order valence-corrected chi connectivity index (χ2v) is 8.12. The average molecular weight is 351 g/mol. The number of halogens is 1. The Bertz CT molecular complexity index is 735. The highest BCUT2D eigenvalue weighted by Gasteiger charge is 2.46. The van der Waals surface area contributed by atoms with E-state index in [2.05, 4.69) is 23.3 Å². The van der Waals surface area contributed by atoms with Crippen LogP contribution in [-0.2, 0) is 16.8 Å². The first kappa shape index (κ1) is 15.4. The Morgan fingerprint density at radius 3 is 3.17 bits per heavy atom. The fraction of sp³-hybridized carbons (Fsp3) is 0.471. The van der Waals surface area contributed by atoms with E-state index in [0.29, 0.717) is 12.3 Å². The van der Waals surface area contributed by atoms with Crippen LogP contribution in [0, 0.1) is 0 Å². The van der Waals surface area contributed by atoms with Crippen molar-refractivity contribution < 1.29 is 9.84 Å². The van der Waals surface area contributed by atoms with E-state index < -0.39 is 0 Å². The average Bonchev–Trinajstić information content (AvgIpc) is 2.89. The zero-order chi connectivity index (χ0) is 16.0. The summed E-state index contributed by atoms with van der Waals surface area (Å²) in [5.41, 5.74) is 1.67. The minimum atomic E-state index is -0.329. The molecule has 4 rings (SSSR count). The van der Waals surface area contributed by atoms with Crippen LogP contribution in [0.15, 0.2) is 24.4 Å². The largest absolute Gasteiger partial charge is 0.506 e. The smallest absolute Gasteiger partial charge is 0.138 e. The Morgan fingerprint density at radius 2 is 2.35 bits per heavy atom. The number of pyridine rings is 1. The molecule has 122 valence electrons. The lowest BCUT2D eigenvalue weighted by molar-refractivity contribution is -0.0959. The van der Waals surface area contributed by atoms with Crippen LogP contribution >= 0.6 is 22.9 Å². The van der Waals surface area contributed by atoms with Gasteiger partial charge in [0.25, 0.3) is 0 Å². The SMILES string of the molecule is C[C@H]1C[C@@]2(C[C@@H](c3ncccc3O)N1)OCCc1cc(Cl)sc12. The summed E-state index contributed by atoms with van der Waals surface area (Å²) in [6.07, 6.45) is 4.30. The van der Waals surface area contributed by atoms with E-state index in [0.717, 1.165) is 23.6 Å². The number of hydrogen-bond donors (Lipinski definition) is 2. The molecular formula is C17H19ClN2O2S. The summed E-state index contributed by atoms with van der Waals surface area (Å²) in [4.78, 5) is 5.64. The van der Waals surface area contributed by atoms with Crippen molar-refractivity contribution in [3.63, 3.8) is 0 Å². The van der Waals surface area contributed by atoms with Gasteiger partial charge in [0.15, 0.2) is 0 Å². The van der Waals surface area contributed by atoms with E-state index >= 15 is 0 Å². The monoisotopic (exact) mass is 350 g/mol. The third kappa shape index (κ3) is 2.66. The molecule has 2 N–H and O–H groups in total. The number of rotatable bonds is 1. The van der Waals surface area contributed by atoms with Gasteiger partial charge in [0.05, 0.1) is 22.7 Å². The number of hydrogen-bond acceptors (Lipinski definition) is 5. The second kappa shape index (κ2) is 5.74. The fourth-order valence-electron chi connectivity index (χ4n) is 3.91. The molecule has 4 heterocycles. The van der Waals surface area contributed by atoms with Crippen LogP contribution in [0.2, 0.25) is 4.34 Å². The van der Waals surface area contributed by atoms with Gasteiger partial charge in [0.1, 0.15) is 11.4 Å². The number of fused-ring (bicyclic) bond motifs is 2. The van der Waals surface area contributed by atoms with Crippen LogP contribution in [0.5, 0.6) is 5.75 Å². The van der Waals surface area contributed by atoms with Gasteiger partial charge in [-0.2, -0.15) is 0 Å². The van der Waals surface area contributed by atoms with Crippen molar-refractivity contribution >= 4 is 22.9 Å². The van der Waals surface area contributed by atoms with Crippen molar-refractivity contribution in [3.05, 3.63) is 44.9 Å². The number of thiophene rings is 1. The minimum absolute atomic E-state index is 0.0354. The van der Waals surface area contributed by atoms with Crippen molar-refractivity contribution in [3.8, 4) is 5.75 Å².